The van der Waals surface area contributed by atoms with Gasteiger partial charge >= 0.3 is 0 Å². The zero-order valence-electron chi connectivity index (χ0n) is 14.6. The summed E-state index contributed by atoms with van der Waals surface area (Å²) in [6.07, 6.45) is 3.74. The number of amides is 2. The van der Waals surface area contributed by atoms with Crippen LogP contribution < -0.4 is 16.4 Å². The van der Waals surface area contributed by atoms with Crippen molar-refractivity contribution in [2.24, 2.45) is 5.73 Å². The Labute approximate surface area is 153 Å². The minimum atomic E-state index is -0.0802. The molecule has 4 N–H and O–H groups in total. The summed E-state index contributed by atoms with van der Waals surface area (Å²) < 4.78 is 4.90. The molecule has 7 heteroatoms. The van der Waals surface area contributed by atoms with Gasteiger partial charge in [0, 0.05) is 30.6 Å². The molecule has 0 saturated heterocycles. The average molecular weight is 365 g/mol. The van der Waals surface area contributed by atoms with Crippen molar-refractivity contribution in [3.8, 4) is 0 Å². The smallest absolute Gasteiger partial charge is 0.252 e. The van der Waals surface area contributed by atoms with Gasteiger partial charge in [-0.25, -0.2) is 0 Å². The summed E-state index contributed by atoms with van der Waals surface area (Å²) in [4.78, 5) is 25.2. The van der Waals surface area contributed by atoms with Gasteiger partial charge in [-0.3, -0.25) is 9.59 Å². The normalized spacial score (nSPS) is 20.1. The van der Waals surface area contributed by atoms with E-state index in [9.17, 15) is 9.59 Å². The molecule has 0 spiro atoms. The average Bonchev–Trinajstić information content (AvgIpc) is 2.62. The molecule has 0 aliphatic heterocycles. The van der Waals surface area contributed by atoms with Crippen molar-refractivity contribution in [2.75, 3.05) is 26.0 Å². The first-order valence-electron chi connectivity index (χ1n) is 8.64. The molecule has 25 heavy (non-hydrogen) atoms. The Morgan fingerprint density at radius 3 is 2.68 bits per heavy atom. The maximum absolute atomic E-state index is 12.6. The van der Waals surface area contributed by atoms with Crippen LogP contribution in [0.4, 0.5) is 0 Å². The number of nitrogens with one attached hydrogen (secondary N) is 2. The molecule has 2 amide bonds. The first-order valence-corrected chi connectivity index (χ1v) is 9.62. The van der Waals surface area contributed by atoms with Crippen molar-refractivity contribution in [3.63, 3.8) is 0 Å². The Balaban J connectivity index is 1.88. The van der Waals surface area contributed by atoms with E-state index in [2.05, 4.69) is 10.6 Å². The highest BCUT2D eigenvalue weighted by Gasteiger charge is 2.21. The van der Waals surface area contributed by atoms with Crippen molar-refractivity contribution in [1.29, 1.82) is 0 Å². The number of carbonyl (C=O) groups excluding carboxylic acids is 2. The van der Waals surface area contributed by atoms with Crippen LogP contribution in [0, 0.1) is 0 Å². The number of carbonyl (C=O) groups is 2. The third-order valence-electron chi connectivity index (χ3n) is 4.23. The van der Waals surface area contributed by atoms with Crippen LogP contribution in [0.3, 0.4) is 0 Å². The molecule has 138 valence electrons. The summed E-state index contributed by atoms with van der Waals surface area (Å²) in [6.45, 7) is 0.974. The molecule has 1 aliphatic carbocycles. The molecular formula is C18H27N3O3S. The highest BCUT2D eigenvalue weighted by Crippen LogP contribution is 2.23. The van der Waals surface area contributed by atoms with E-state index in [1.807, 2.05) is 18.2 Å². The maximum Gasteiger partial charge on any atom is 0.252 e. The number of methoxy groups -OCH3 is 1. The molecule has 0 aromatic heterocycles. The fraction of sp³-hybridized carbons (Fsp3) is 0.556. The molecule has 1 fully saturated rings. The molecule has 1 saturated carbocycles. The van der Waals surface area contributed by atoms with Crippen LogP contribution in [0.1, 0.15) is 36.0 Å². The summed E-state index contributed by atoms with van der Waals surface area (Å²) >= 11 is 1.37. The Kier molecular flexibility index (Phi) is 8.24. The number of ether oxygens (including phenoxy) is 1. The van der Waals surface area contributed by atoms with E-state index in [-0.39, 0.29) is 29.7 Å². The second kappa shape index (κ2) is 10.4. The Hall–Kier alpha value is -1.57. The number of thioether (sulfide) groups is 1. The Bertz CT molecular complexity index is 574. The van der Waals surface area contributed by atoms with Crippen LogP contribution in [0.15, 0.2) is 29.2 Å². The number of benzene rings is 1. The fourth-order valence-electron chi connectivity index (χ4n) is 2.79. The quantitative estimate of drug-likeness (QED) is 0.480. The van der Waals surface area contributed by atoms with Crippen LogP contribution in [0.25, 0.3) is 0 Å². The van der Waals surface area contributed by atoms with Gasteiger partial charge in [-0.15, -0.1) is 11.8 Å². The van der Waals surface area contributed by atoms with E-state index in [4.69, 9.17) is 10.5 Å². The predicted molar refractivity (Wildman–Crippen MR) is 99.7 cm³/mol. The number of hydrogen-bond acceptors (Lipinski definition) is 5. The van der Waals surface area contributed by atoms with Crippen LogP contribution in [-0.4, -0.2) is 49.9 Å². The van der Waals surface area contributed by atoms with Crippen molar-refractivity contribution in [1.82, 2.24) is 10.6 Å². The molecule has 0 radical (unpaired) electrons. The largest absolute Gasteiger partial charge is 0.383 e. The molecule has 1 aliphatic rings. The maximum atomic E-state index is 12.6. The fourth-order valence-corrected chi connectivity index (χ4v) is 3.67. The highest BCUT2D eigenvalue weighted by atomic mass is 32.2. The Morgan fingerprint density at radius 1 is 1.24 bits per heavy atom. The summed E-state index contributed by atoms with van der Waals surface area (Å²) in [6, 6.07) is 7.83. The van der Waals surface area contributed by atoms with E-state index in [1.165, 1.54) is 11.8 Å². The van der Waals surface area contributed by atoms with Crippen LogP contribution in [-0.2, 0) is 9.53 Å². The van der Waals surface area contributed by atoms with Gasteiger partial charge in [0.2, 0.25) is 5.91 Å². The number of hydrogen-bond donors (Lipinski definition) is 3. The topological polar surface area (TPSA) is 93.4 Å². The molecule has 1 aromatic rings. The zero-order valence-corrected chi connectivity index (χ0v) is 15.4. The third kappa shape index (κ3) is 6.68. The minimum absolute atomic E-state index is 0.0708. The molecule has 6 nitrogen and oxygen atoms in total. The van der Waals surface area contributed by atoms with Gasteiger partial charge in [0.1, 0.15) is 0 Å². The van der Waals surface area contributed by atoms with Crippen molar-refractivity contribution in [2.45, 2.75) is 42.7 Å². The summed E-state index contributed by atoms with van der Waals surface area (Å²) in [5, 5.41) is 5.88. The van der Waals surface area contributed by atoms with Crippen molar-refractivity contribution in [3.05, 3.63) is 29.8 Å². The zero-order chi connectivity index (χ0) is 18.1. The monoisotopic (exact) mass is 365 g/mol. The lowest BCUT2D eigenvalue weighted by molar-refractivity contribution is -0.118. The first kappa shape index (κ1) is 19.8. The van der Waals surface area contributed by atoms with Gasteiger partial charge < -0.3 is 21.1 Å². The summed E-state index contributed by atoms with van der Waals surface area (Å²) in [5.74, 6) is 0.119. The van der Waals surface area contributed by atoms with E-state index in [0.29, 0.717) is 18.7 Å². The molecule has 2 rings (SSSR count). The number of nitrogens with two attached hydrogens (primary N) is 1. The molecule has 1 aromatic carbocycles. The predicted octanol–water partition coefficient (Wildman–Crippen LogP) is 1.54. The Morgan fingerprint density at radius 2 is 1.96 bits per heavy atom. The molecule has 0 heterocycles. The second-order valence-corrected chi connectivity index (χ2v) is 7.23. The third-order valence-corrected chi connectivity index (χ3v) is 5.30. The van der Waals surface area contributed by atoms with Crippen molar-refractivity contribution >= 4 is 23.6 Å². The lowest BCUT2D eigenvalue weighted by Crippen LogP contribution is -2.40. The van der Waals surface area contributed by atoms with E-state index >= 15 is 0 Å². The lowest BCUT2D eigenvalue weighted by atomic mass is 9.91. The van der Waals surface area contributed by atoms with Gasteiger partial charge in [-0.2, -0.15) is 0 Å². The second-order valence-electron chi connectivity index (χ2n) is 6.21. The van der Waals surface area contributed by atoms with Gasteiger partial charge in [-0.05, 0) is 37.8 Å². The van der Waals surface area contributed by atoms with Gasteiger partial charge in [0.25, 0.3) is 5.91 Å². The number of rotatable bonds is 8. The summed E-state index contributed by atoms with van der Waals surface area (Å²) in [5.41, 5.74) is 6.53. The summed E-state index contributed by atoms with van der Waals surface area (Å²) in [7, 11) is 1.59. The standard InChI is InChI=1S/C18H27N3O3S/c1-24-11-10-20-17(22)12-25-16-5-3-2-4-15(16)18(23)21-14-8-6-13(19)7-9-14/h2-5,13-14H,6-12,19H2,1H3,(H,20,22)(H,21,23). The van der Waals surface area contributed by atoms with Crippen LogP contribution in [0.5, 0.6) is 0 Å². The molecule has 0 bridgehead atoms. The molecular weight excluding hydrogens is 338 g/mol. The first-order chi connectivity index (χ1) is 12.1. The lowest BCUT2D eigenvalue weighted by Gasteiger charge is -2.27. The molecule has 0 atom stereocenters. The van der Waals surface area contributed by atoms with E-state index < -0.39 is 0 Å². The SMILES string of the molecule is COCCNC(=O)CSc1ccccc1C(=O)NC1CCC(N)CC1. The molecule has 0 unspecified atom stereocenters. The van der Waals surface area contributed by atoms with Crippen LogP contribution in [0.2, 0.25) is 0 Å². The van der Waals surface area contributed by atoms with Crippen LogP contribution >= 0.6 is 11.8 Å². The van der Waals surface area contributed by atoms with Gasteiger partial charge in [0.15, 0.2) is 0 Å². The highest BCUT2D eigenvalue weighted by molar-refractivity contribution is 8.00. The van der Waals surface area contributed by atoms with E-state index in [1.54, 1.807) is 13.2 Å². The van der Waals surface area contributed by atoms with Crippen molar-refractivity contribution < 1.29 is 14.3 Å². The minimum Gasteiger partial charge on any atom is -0.383 e. The van der Waals surface area contributed by atoms with E-state index in [0.717, 1.165) is 30.6 Å². The van der Waals surface area contributed by atoms with Gasteiger partial charge in [-0.1, -0.05) is 12.1 Å². The van der Waals surface area contributed by atoms with Gasteiger partial charge in [0.05, 0.1) is 17.9 Å².